The summed E-state index contributed by atoms with van der Waals surface area (Å²) in [6.07, 6.45) is 0. The zero-order valence-electron chi connectivity index (χ0n) is 8.94. The first-order valence-electron chi connectivity index (χ1n) is 4.94. The van der Waals surface area contributed by atoms with Crippen molar-refractivity contribution in [1.29, 1.82) is 5.26 Å². The highest BCUT2D eigenvalue weighted by atomic mass is 14.8. The van der Waals surface area contributed by atoms with Crippen molar-refractivity contribution in [1.82, 2.24) is 4.98 Å². The number of anilines is 1. The third-order valence-corrected chi connectivity index (χ3v) is 2.43. The molecule has 1 aromatic heterocycles. The van der Waals surface area contributed by atoms with Gasteiger partial charge in [0.05, 0.1) is 11.6 Å². The van der Waals surface area contributed by atoms with Crippen molar-refractivity contribution < 1.29 is 0 Å². The molecule has 0 aliphatic heterocycles. The molecule has 1 aromatic carbocycles. The molecule has 3 heteroatoms. The van der Waals surface area contributed by atoms with Gasteiger partial charge in [0.15, 0.2) is 0 Å². The van der Waals surface area contributed by atoms with E-state index in [0.717, 1.165) is 16.8 Å². The van der Waals surface area contributed by atoms with Crippen LogP contribution < -0.4 is 5.73 Å². The summed E-state index contributed by atoms with van der Waals surface area (Å²) in [4.78, 5) is 4.21. The number of nitrogens with two attached hydrogens (primary N) is 1. The Hall–Kier alpha value is -2.34. The minimum absolute atomic E-state index is 0.523. The zero-order valence-corrected chi connectivity index (χ0v) is 8.94. The minimum atomic E-state index is 0.523. The minimum Gasteiger partial charge on any atom is -0.384 e. The molecule has 3 nitrogen and oxygen atoms in total. The predicted octanol–water partition coefficient (Wildman–Crippen LogP) is 2.51. The molecular weight excluding hydrogens is 198 g/mol. The van der Waals surface area contributed by atoms with E-state index in [-0.39, 0.29) is 0 Å². The number of aromatic nitrogens is 1. The number of rotatable bonds is 1. The summed E-state index contributed by atoms with van der Waals surface area (Å²) in [6, 6.07) is 13.2. The summed E-state index contributed by atoms with van der Waals surface area (Å²) in [7, 11) is 0. The van der Waals surface area contributed by atoms with E-state index >= 15 is 0 Å². The summed E-state index contributed by atoms with van der Waals surface area (Å²) in [6.45, 7) is 1.92. The average Bonchev–Trinajstić information content (AvgIpc) is 2.29. The van der Waals surface area contributed by atoms with Gasteiger partial charge in [-0.15, -0.1) is 0 Å². The van der Waals surface area contributed by atoms with Crippen LogP contribution in [0, 0.1) is 18.3 Å². The lowest BCUT2D eigenvalue weighted by molar-refractivity contribution is 1.21. The second-order valence-electron chi connectivity index (χ2n) is 3.56. The van der Waals surface area contributed by atoms with E-state index in [1.54, 1.807) is 18.2 Å². The number of hydrogen-bond donors (Lipinski definition) is 1. The Morgan fingerprint density at radius 1 is 1.12 bits per heavy atom. The lowest BCUT2D eigenvalue weighted by atomic mass is 10.0. The van der Waals surface area contributed by atoms with E-state index < -0.39 is 0 Å². The van der Waals surface area contributed by atoms with Crippen LogP contribution >= 0.6 is 0 Å². The van der Waals surface area contributed by atoms with Crippen LogP contribution in [0.2, 0.25) is 0 Å². The molecule has 0 radical (unpaired) electrons. The van der Waals surface area contributed by atoms with Gasteiger partial charge in [0.2, 0.25) is 0 Å². The van der Waals surface area contributed by atoms with Crippen molar-refractivity contribution in [3.63, 3.8) is 0 Å². The molecule has 0 aliphatic rings. The first-order valence-corrected chi connectivity index (χ1v) is 4.94. The SMILES string of the molecule is Cc1nc(N)ccc1-c1ccc(C#N)cc1. The number of nitrogen functional groups attached to an aromatic ring is 1. The number of nitrogens with zero attached hydrogens (tertiary/aromatic N) is 2. The summed E-state index contributed by atoms with van der Waals surface area (Å²) in [5, 5.41) is 8.71. The molecular formula is C13H11N3. The van der Waals surface area contributed by atoms with Crippen molar-refractivity contribution in [2.45, 2.75) is 6.92 Å². The molecule has 0 saturated carbocycles. The molecule has 0 saturated heterocycles. The number of benzene rings is 1. The van der Waals surface area contributed by atoms with Gasteiger partial charge >= 0.3 is 0 Å². The van der Waals surface area contributed by atoms with Crippen LogP contribution in [0.1, 0.15) is 11.3 Å². The first-order chi connectivity index (χ1) is 7.70. The van der Waals surface area contributed by atoms with Gasteiger partial charge in [-0.3, -0.25) is 0 Å². The van der Waals surface area contributed by atoms with E-state index in [9.17, 15) is 0 Å². The summed E-state index contributed by atoms with van der Waals surface area (Å²) in [5.41, 5.74) is 9.23. The predicted molar refractivity (Wildman–Crippen MR) is 63.5 cm³/mol. The molecule has 0 bridgehead atoms. The lowest BCUT2D eigenvalue weighted by Gasteiger charge is -2.05. The summed E-state index contributed by atoms with van der Waals surface area (Å²) in [5.74, 6) is 0.523. The molecule has 16 heavy (non-hydrogen) atoms. The highest BCUT2D eigenvalue weighted by Crippen LogP contribution is 2.23. The van der Waals surface area contributed by atoms with Gasteiger partial charge in [-0.1, -0.05) is 12.1 Å². The van der Waals surface area contributed by atoms with Crippen LogP contribution in [-0.4, -0.2) is 4.98 Å². The maximum atomic E-state index is 8.71. The van der Waals surface area contributed by atoms with Gasteiger partial charge in [0, 0.05) is 11.3 Å². The first kappa shape index (κ1) is 10.2. The Morgan fingerprint density at radius 2 is 1.81 bits per heavy atom. The van der Waals surface area contributed by atoms with E-state index in [1.807, 2.05) is 25.1 Å². The number of pyridine rings is 1. The Labute approximate surface area is 94.2 Å². The van der Waals surface area contributed by atoms with Crippen molar-refractivity contribution in [3.8, 4) is 17.2 Å². The van der Waals surface area contributed by atoms with E-state index in [4.69, 9.17) is 11.0 Å². The Bertz CT molecular complexity index is 550. The maximum Gasteiger partial charge on any atom is 0.123 e. The second kappa shape index (κ2) is 4.03. The van der Waals surface area contributed by atoms with Crippen molar-refractivity contribution in [2.24, 2.45) is 0 Å². The lowest BCUT2D eigenvalue weighted by Crippen LogP contribution is -1.94. The molecule has 0 amide bonds. The highest BCUT2D eigenvalue weighted by molar-refractivity contribution is 5.67. The van der Waals surface area contributed by atoms with Gasteiger partial charge in [-0.25, -0.2) is 4.98 Å². The smallest absolute Gasteiger partial charge is 0.123 e. The van der Waals surface area contributed by atoms with Crippen LogP contribution in [0.5, 0.6) is 0 Å². The largest absolute Gasteiger partial charge is 0.384 e. The van der Waals surface area contributed by atoms with Gasteiger partial charge in [-0.2, -0.15) is 5.26 Å². The van der Waals surface area contributed by atoms with E-state index in [1.165, 1.54) is 0 Å². The molecule has 2 aromatic rings. The molecule has 78 valence electrons. The number of hydrogen-bond acceptors (Lipinski definition) is 3. The van der Waals surface area contributed by atoms with E-state index in [2.05, 4.69) is 11.1 Å². The molecule has 1 heterocycles. The normalized spacial score (nSPS) is 9.75. The maximum absolute atomic E-state index is 8.71. The number of nitriles is 1. The quantitative estimate of drug-likeness (QED) is 0.784. The van der Waals surface area contributed by atoms with Crippen molar-refractivity contribution in [2.75, 3.05) is 5.73 Å². The molecule has 0 spiro atoms. The monoisotopic (exact) mass is 209 g/mol. The Morgan fingerprint density at radius 3 is 2.38 bits per heavy atom. The zero-order chi connectivity index (χ0) is 11.5. The fourth-order valence-corrected chi connectivity index (χ4v) is 1.61. The average molecular weight is 209 g/mol. The molecule has 0 atom stereocenters. The van der Waals surface area contributed by atoms with Crippen molar-refractivity contribution >= 4 is 5.82 Å². The third kappa shape index (κ3) is 1.86. The molecule has 0 fully saturated rings. The van der Waals surface area contributed by atoms with Gasteiger partial charge in [0.1, 0.15) is 5.82 Å². The molecule has 2 N–H and O–H groups in total. The van der Waals surface area contributed by atoms with Crippen LogP contribution in [0.4, 0.5) is 5.82 Å². The Balaban J connectivity index is 2.47. The van der Waals surface area contributed by atoms with E-state index in [0.29, 0.717) is 11.4 Å². The molecule has 0 unspecified atom stereocenters. The topological polar surface area (TPSA) is 62.7 Å². The highest BCUT2D eigenvalue weighted by Gasteiger charge is 2.03. The fraction of sp³-hybridized carbons (Fsp3) is 0.0769. The van der Waals surface area contributed by atoms with Crippen LogP contribution in [0.15, 0.2) is 36.4 Å². The standard InChI is InChI=1S/C13H11N3/c1-9-12(6-7-13(15)16-9)11-4-2-10(8-14)3-5-11/h2-7H,1H3,(H2,15,16). The van der Waals surface area contributed by atoms with Gasteiger partial charge < -0.3 is 5.73 Å². The summed E-state index contributed by atoms with van der Waals surface area (Å²) >= 11 is 0. The van der Waals surface area contributed by atoms with Crippen LogP contribution in [0.25, 0.3) is 11.1 Å². The Kier molecular flexibility index (Phi) is 2.57. The van der Waals surface area contributed by atoms with Crippen molar-refractivity contribution in [3.05, 3.63) is 47.7 Å². The fourth-order valence-electron chi connectivity index (χ4n) is 1.61. The van der Waals surface area contributed by atoms with Gasteiger partial charge in [-0.05, 0) is 36.8 Å². The second-order valence-corrected chi connectivity index (χ2v) is 3.56. The molecule has 2 rings (SSSR count). The van der Waals surface area contributed by atoms with Gasteiger partial charge in [0.25, 0.3) is 0 Å². The van der Waals surface area contributed by atoms with Crippen LogP contribution in [-0.2, 0) is 0 Å². The summed E-state index contributed by atoms with van der Waals surface area (Å²) < 4.78 is 0. The van der Waals surface area contributed by atoms with Crippen LogP contribution in [0.3, 0.4) is 0 Å². The number of aryl methyl sites for hydroxylation is 1. The third-order valence-electron chi connectivity index (χ3n) is 2.43. The molecule has 0 aliphatic carbocycles.